The molecule has 1 aromatic heterocycles. The smallest absolute Gasteiger partial charge is 0.315 e. The van der Waals surface area contributed by atoms with Crippen molar-refractivity contribution in [3.63, 3.8) is 0 Å². The van der Waals surface area contributed by atoms with E-state index in [1.807, 2.05) is 12.1 Å². The average molecular weight is 333 g/mol. The molecule has 1 aromatic carbocycles. The van der Waals surface area contributed by atoms with E-state index in [9.17, 15) is 13.6 Å². The molecule has 2 aromatic rings. The third kappa shape index (κ3) is 2.68. The molecule has 1 saturated carbocycles. The van der Waals surface area contributed by atoms with Gasteiger partial charge in [0.25, 0.3) is 5.89 Å². The van der Waals surface area contributed by atoms with E-state index >= 15 is 0 Å². The monoisotopic (exact) mass is 333 g/mol. The Labute approximate surface area is 137 Å². The first-order valence-corrected chi connectivity index (χ1v) is 8.17. The van der Waals surface area contributed by atoms with Crippen LogP contribution in [0.3, 0.4) is 0 Å². The van der Waals surface area contributed by atoms with Crippen molar-refractivity contribution in [3.05, 3.63) is 35.2 Å². The molecule has 1 fully saturated rings. The van der Waals surface area contributed by atoms with Gasteiger partial charge in [0.2, 0.25) is 11.7 Å². The number of amides is 1. The van der Waals surface area contributed by atoms with Crippen LogP contribution < -0.4 is 5.32 Å². The molecule has 5 nitrogen and oxygen atoms in total. The Morgan fingerprint density at radius 3 is 2.79 bits per heavy atom. The van der Waals surface area contributed by atoms with Gasteiger partial charge in [-0.1, -0.05) is 23.7 Å². The third-order valence-electron chi connectivity index (χ3n) is 4.90. The second kappa shape index (κ2) is 5.96. The molecule has 2 aliphatic rings. The maximum Gasteiger partial charge on any atom is 0.315 e. The lowest BCUT2D eigenvalue weighted by molar-refractivity contribution is -0.128. The maximum absolute atomic E-state index is 12.6. The van der Waals surface area contributed by atoms with Crippen LogP contribution in [0.15, 0.2) is 22.7 Å². The van der Waals surface area contributed by atoms with Crippen molar-refractivity contribution in [1.82, 2.24) is 15.5 Å². The van der Waals surface area contributed by atoms with Gasteiger partial charge in [0, 0.05) is 11.5 Å². The van der Waals surface area contributed by atoms with Crippen molar-refractivity contribution in [2.45, 2.75) is 44.6 Å². The maximum atomic E-state index is 12.6. The van der Waals surface area contributed by atoms with Gasteiger partial charge in [-0.15, -0.1) is 0 Å². The van der Waals surface area contributed by atoms with Crippen molar-refractivity contribution in [3.8, 4) is 11.4 Å². The van der Waals surface area contributed by atoms with Gasteiger partial charge < -0.3 is 9.84 Å². The van der Waals surface area contributed by atoms with Crippen molar-refractivity contribution >= 4 is 5.91 Å². The summed E-state index contributed by atoms with van der Waals surface area (Å²) < 4.78 is 29.7. The third-order valence-corrected chi connectivity index (χ3v) is 4.90. The Balaban J connectivity index is 1.52. The number of benzene rings is 1. The number of hydrogen-bond donors (Lipinski definition) is 1. The predicted octanol–water partition coefficient (Wildman–Crippen LogP) is 3.58. The fraction of sp³-hybridized carbons (Fsp3) is 0.471. The summed E-state index contributed by atoms with van der Waals surface area (Å²) in [5.74, 6) is -0.200. The van der Waals surface area contributed by atoms with Gasteiger partial charge in [-0.25, -0.2) is 0 Å². The Kier molecular flexibility index (Phi) is 3.78. The molecule has 0 saturated heterocycles. The molecule has 7 heteroatoms. The summed E-state index contributed by atoms with van der Waals surface area (Å²) in [7, 11) is 0. The van der Waals surface area contributed by atoms with E-state index < -0.39 is 12.3 Å². The molecule has 2 aliphatic carbocycles. The topological polar surface area (TPSA) is 68.0 Å². The number of hydrogen-bond acceptors (Lipinski definition) is 4. The first-order chi connectivity index (χ1) is 11.6. The molecule has 0 spiro atoms. The van der Waals surface area contributed by atoms with E-state index in [4.69, 9.17) is 0 Å². The zero-order chi connectivity index (χ0) is 16.7. The normalized spacial score (nSPS) is 20.0. The molecule has 1 atom stereocenters. The minimum atomic E-state index is -2.77. The summed E-state index contributed by atoms with van der Waals surface area (Å²) in [5, 5.41) is 6.73. The fourth-order valence-corrected chi connectivity index (χ4v) is 3.31. The van der Waals surface area contributed by atoms with Crippen LogP contribution in [0, 0.1) is 5.92 Å². The van der Waals surface area contributed by atoms with Crippen molar-refractivity contribution in [2.24, 2.45) is 5.92 Å². The lowest BCUT2D eigenvalue weighted by Gasteiger charge is -2.26. The summed E-state index contributed by atoms with van der Waals surface area (Å²) in [4.78, 5) is 15.8. The number of rotatable bonds is 4. The van der Waals surface area contributed by atoms with Gasteiger partial charge in [0.05, 0.1) is 6.04 Å². The van der Waals surface area contributed by atoms with E-state index in [1.54, 1.807) is 6.07 Å². The number of carbonyl (C=O) groups is 1. The summed E-state index contributed by atoms with van der Waals surface area (Å²) in [5.41, 5.74) is 2.83. The zero-order valence-corrected chi connectivity index (χ0v) is 13.0. The number of fused-ring (bicyclic) bond motifs is 1. The molecule has 1 heterocycles. The number of carbonyl (C=O) groups excluding carboxylic acids is 1. The number of nitrogens with one attached hydrogen (secondary N) is 1. The van der Waals surface area contributed by atoms with Crippen LogP contribution in [-0.2, 0) is 11.2 Å². The first-order valence-electron chi connectivity index (χ1n) is 8.17. The largest absolute Gasteiger partial charge is 0.349 e. The lowest BCUT2D eigenvalue weighted by atomic mass is 9.84. The van der Waals surface area contributed by atoms with Crippen LogP contribution in [0.1, 0.15) is 55.2 Å². The van der Waals surface area contributed by atoms with Gasteiger partial charge in [0.15, 0.2) is 0 Å². The molecule has 0 radical (unpaired) electrons. The standard InChI is InChI=1S/C17H17F2N3O2/c18-14(19)17-21-15(22-24-17)11-4-6-12-10(8-11)5-7-13(12)20-16(23)9-2-1-3-9/h4,6,8-9,13-14H,1-3,5,7H2,(H,20,23). The number of nitrogens with zero attached hydrogens (tertiary/aromatic N) is 2. The molecular weight excluding hydrogens is 316 g/mol. The second-order valence-electron chi connectivity index (χ2n) is 6.40. The van der Waals surface area contributed by atoms with E-state index in [-0.39, 0.29) is 23.7 Å². The first kappa shape index (κ1) is 15.2. The molecule has 0 aliphatic heterocycles. The second-order valence-corrected chi connectivity index (χ2v) is 6.40. The summed E-state index contributed by atoms with van der Waals surface area (Å²) in [6.07, 6.45) is 2.01. The van der Waals surface area contributed by atoms with Crippen LogP contribution in [0.25, 0.3) is 11.4 Å². The van der Waals surface area contributed by atoms with Crippen LogP contribution in [0.2, 0.25) is 0 Å². The average Bonchev–Trinajstić information content (AvgIpc) is 3.12. The van der Waals surface area contributed by atoms with Gasteiger partial charge >= 0.3 is 6.43 Å². The van der Waals surface area contributed by atoms with Gasteiger partial charge in [-0.05, 0) is 42.9 Å². The summed E-state index contributed by atoms with van der Waals surface area (Å²) >= 11 is 0. The van der Waals surface area contributed by atoms with Crippen LogP contribution in [0.5, 0.6) is 0 Å². The Morgan fingerprint density at radius 2 is 2.12 bits per heavy atom. The molecule has 4 rings (SSSR count). The number of halogens is 2. The minimum absolute atomic E-state index is 0.0315. The highest BCUT2D eigenvalue weighted by molar-refractivity contribution is 5.80. The number of alkyl halides is 2. The zero-order valence-electron chi connectivity index (χ0n) is 13.0. The Hall–Kier alpha value is -2.31. The molecule has 126 valence electrons. The fourth-order valence-electron chi connectivity index (χ4n) is 3.31. The van der Waals surface area contributed by atoms with Crippen LogP contribution in [-0.4, -0.2) is 16.0 Å². The quantitative estimate of drug-likeness (QED) is 0.928. The van der Waals surface area contributed by atoms with Gasteiger partial charge in [0.1, 0.15) is 0 Å². The lowest BCUT2D eigenvalue weighted by Crippen LogP contribution is -2.36. The number of aromatic nitrogens is 2. The predicted molar refractivity (Wildman–Crippen MR) is 81.2 cm³/mol. The van der Waals surface area contributed by atoms with E-state index in [1.165, 1.54) is 0 Å². The van der Waals surface area contributed by atoms with E-state index in [0.29, 0.717) is 5.56 Å². The molecule has 1 N–H and O–H groups in total. The van der Waals surface area contributed by atoms with Crippen LogP contribution >= 0.6 is 0 Å². The highest BCUT2D eigenvalue weighted by atomic mass is 19.3. The molecule has 24 heavy (non-hydrogen) atoms. The SMILES string of the molecule is O=C(NC1CCc2cc(-c3noc(C(F)F)n3)ccc21)C1CCC1. The summed E-state index contributed by atoms with van der Waals surface area (Å²) in [6, 6.07) is 5.63. The van der Waals surface area contributed by atoms with Gasteiger partial charge in [-0.2, -0.15) is 13.8 Å². The minimum Gasteiger partial charge on any atom is -0.349 e. The number of aryl methyl sites for hydroxylation is 1. The van der Waals surface area contributed by atoms with Crippen molar-refractivity contribution in [2.75, 3.05) is 0 Å². The molecule has 1 unspecified atom stereocenters. The summed E-state index contributed by atoms with van der Waals surface area (Å²) in [6.45, 7) is 0. The molecule has 1 amide bonds. The van der Waals surface area contributed by atoms with E-state index in [2.05, 4.69) is 20.0 Å². The van der Waals surface area contributed by atoms with Crippen LogP contribution in [0.4, 0.5) is 8.78 Å². The van der Waals surface area contributed by atoms with E-state index in [0.717, 1.165) is 43.2 Å². The van der Waals surface area contributed by atoms with Gasteiger partial charge in [-0.3, -0.25) is 4.79 Å². The highest BCUT2D eigenvalue weighted by Gasteiger charge is 2.30. The molecule has 0 bridgehead atoms. The Bertz CT molecular complexity index is 771. The highest BCUT2D eigenvalue weighted by Crippen LogP contribution is 2.35. The van der Waals surface area contributed by atoms with Crippen molar-refractivity contribution < 1.29 is 18.1 Å². The van der Waals surface area contributed by atoms with Crippen molar-refractivity contribution in [1.29, 1.82) is 0 Å². The molecular formula is C17H17F2N3O2. The Morgan fingerprint density at radius 1 is 1.29 bits per heavy atom.